The molecule has 0 saturated carbocycles. The zero-order chi connectivity index (χ0) is 8.10. The van der Waals surface area contributed by atoms with Gasteiger partial charge in [0.15, 0.2) is 0 Å². The Kier molecular flexibility index (Phi) is 3.56. The Morgan fingerprint density at radius 3 is 3.09 bits per heavy atom. The summed E-state index contributed by atoms with van der Waals surface area (Å²) in [6.45, 7) is 5.22. The average Bonchev–Trinajstić information content (AvgIpc) is 2.48. The zero-order valence-electron chi connectivity index (χ0n) is 6.62. The van der Waals surface area contributed by atoms with Crippen LogP contribution >= 0.6 is 0 Å². The van der Waals surface area contributed by atoms with Gasteiger partial charge in [-0.1, -0.05) is 6.08 Å². The Morgan fingerprint density at radius 1 is 1.73 bits per heavy atom. The number of hydrogen-bond donors (Lipinski definition) is 2. The van der Waals surface area contributed by atoms with Crippen LogP contribution in [0.25, 0.3) is 0 Å². The molecule has 0 aliphatic carbocycles. The minimum atomic E-state index is 0.202. The summed E-state index contributed by atoms with van der Waals surface area (Å²) >= 11 is 0. The quantitative estimate of drug-likeness (QED) is 0.560. The molecule has 0 aromatic rings. The second-order valence-corrected chi connectivity index (χ2v) is 2.77. The van der Waals surface area contributed by atoms with E-state index in [4.69, 9.17) is 9.84 Å². The summed E-state index contributed by atoms with van der Waals surface area (Å²) < 4.78 is 5.39. The lowest BCUT2D eigenvalue weighted by Gasteiger charge is -2.07. The van der Waals surface area contributed by atoms with Gasteiger partial charge in [-0.2, -0.15) is 0 Å². The maximum atomic E-state index is 8.77. The van der Waals surface area contributed by atoms with Crippen molar-refractivity contribution < 1.29 is 9.84 Å². The Bertz CT molecular complexity index is 127. The lowest BCUT2D eigenvalue weighted by Crippen LogP contribution is -2.24. The molecular formula is C8H15NO2. The Morgan fingerprint density at radius 2 is 2.55 bits per heavy atom. The monoisotopic (exact) mass is 157 g/mol. The first-order valence-corrected chi connectivity index (χ1v) is 3.93. The van der Waals surface area contributed by atoms with Crippen molar-refractivity contribution in [2.75, 3.05) is 19.8 Å². The van der Waals surface area contributed by atoms with E-state index in [1.54, 1.807) is 6.08 Å². The molecule has 64 valence electrons. The van der Waals surface area contributed by atoms with E-state index >= 15 is 0 Å². The third-order valence-electron chi connectivity index (χ3n) is 1.85. The molecule has 1 saturated heterocycles. The van der Waals surface area contributed by atoms with Gasteiger partial charge in [0.1, 0.15) is 0 Å². The molecule has 0 amide bonds. The fraction of sp³-hybridized carbons (Fsp3) is 0.750. The van der Waals surface area contributed by atoms with Crippen molar-refractivity contribution in [2.24, 2.45) is 0 Å². The predicted molar refractivity (Wildman–Crippen MR) is 43.4 cm³/mol. The van der Waals surface area contributed by atoms with Crippen molar-refractivity contribution in [1.29, 1.82) is 0 Å². The Labute approximate surface area is 67.1 Å². The number of ether oxygens (including phenoxy) is 1. The molecule has 2 N–H and O–H groups in total. The van der Waals surface area contributed by atoms with E-state index in [1.807, 2.05) is 0 Å². The van der Waals surface area contributed by atoms with Crippen LogP contribution in [0, 0.1) is 0 Å². The number of nitrogens with one attached hydrogen (secondary N) is 1. The van der Waals surface area contributed by atoms with Crippen LogP contribution < -0.4 is 5.32 Å². The first-order valence-electron chi connectivity index (χ1n) is 3.93. The molecule has 11 heavy (non-hydrogen) atoms. The molecule has 2 atom stereocenters. The van der Waals surface area contributed by atoms with Crippen LogP contribution in [-0.2, 0) is 4.74 Å². The van der Waals surface area contributed by atoms with Crippen molar-refractivity contribution in [1.82, 2.24) is 5.32 Å². The highest BCUT2D eigenvalue weighted by Crippen LogP contribution is 2.09. The molecule has 1 aliphatic rings. The van der Waals surface area contributed by atoms with Crippen LogP contribution in [0.15, 0.2) is 12.7 Å². The standard InChI is InChI=1S/C8H15NO2/c1-2-3-11-8-4-7(6-10)9-5-8/h2,7-10H,1,3-6H2. The van der Waals surface area contributed by atoms with Crippen LogP contribution in [0.5, 0.6) is 0 Å². The van der Waals surface area contributed by atoms with E-state index in [9.17, 15) is 0 Å². The molecule has 3 nitrogen and oxygen atoms in total. The fourth-order valence-electron chi connectivity index (χ4n) is 1.25. The van der Waals surface area contributed by atoms with Gasteiger partial charge < -0.3 is 15.2 Å². The first kappa shape index (κ1) is 8.71. The molecule has 0 bridgehead atoms. The van der Waals surface area contributed by atoms with Crippen LogP contribution in [-0.4, -0.2) is 37.0 Å². The minimum absolute atomic E-state index is 0.202. The zero-order valence-corrected chi connectivity index (χ0v) is 6.62. The fourth-order valence-corrected chi connectivity index (χ4v) is 1.25. The summed E-state index contributed by atoms with van der Waals surface area (Å²) in [5.41, 5.74) is 0. The lowest BCUT2D eigenvalue weighted by molar-refractivity contribution is 0.0856. The number of aliphatic hydroxyl groups excluding tert-OH is 1. The SMILES string of the molecule is C=CCOC1CNC(CO)C1. The topological polar surface area (TPSA) is 41.5 Å². The summed E-state index contributed by atoms with van der Waals surface area (Å²) in [5.74, 6) is 0. The van der Waals surface area contributed by atoms with E-state index in [0.717, 1.165) is 13.0 Å². The normalized spacial score (nSPS) is 30.6. The lowest BCUT2D eigenvalue weighted by atomic mass is 10.2. The van der Waals surface area contributed by atoms with Gasteiger partial charge in [0, 0.05) is 12.6 Å². The van der Waals surface area contributed by atoms with Gasteiger partial charge >= 0.3 is 0 Å². The molecule has 2 unspecified atom stereocenters. The average molecular weight is 157 g/mol. The first-order chi connectivity index (χ1) is 5.36. The van der Waals surface area contributed by atoms with Crippen molar-refractivity contribution in [3.63, 3.8) is 0 Å². The van der Waals surface area contributed by atoms with Crippen LogP contribution in [0.3, 0.4) is 0 Å². The van der Waals surface area contributed by atoms with E-state index in [1.165, 1.54) is 0 Å². The summed E-state index contributed by atoms with van der Waals surface area (Å²) in [7, 11) is 0. The molecule has 1 aliphatic heterocycles. The summed E-state index contributed by atoms with van der Waals surface area (Å²) in [4.78, 5) is 0. The number of hydrogen-bond acceptors (Lipinski definition) is 3. The van der Waals surface area contributed by atoms with Crippen molar-refractivity contribution >= 4 is 0 Å². The van der Waals surface area contributed by atoms with Gasteiger partial charge in [0.05, 0.1) is 19.3 Å². The molecular weight excluding hydrogens is 142 g/mol. The molecule has 1 heterocycles. The molecule has 0 radical (unpaired) electrons. The Hall–Kier alpha value is -0.380. The van der Waals surface area contributed by atoms with Gasteiger partial charge in [-0.05, 0) is 6.42 Å². The third kappa shape index (κ3) is 2.61. The molecule has 0 aromatic carbocycles. The van der Waals surface area contributed by atoms with E-state index in [-0.39, 0.29) is 18.8 Å². The Balaban J connectivity index is 2.13. The molecule has 3 heteroatoms. The summed E-state index contributed by atoms with van der Waals surface area (Å²) in [6.07, 6.45) is 2.90. The van der Waals surface area contributed by atoms with Crippen LogP contribution in [0.4, 0.5) is 0 Å². The minimum Gasteiger partial charge on any atom is -0.395 e. The highest BCUT2D eigenvalue weighted by molar-refractivity contribution is 4.82. The smallest absolute Gasteiger partial charge is 0.0719 e. The van der Waals surface area contributed by atoms with Gasteiger partial charge in [0.2, 0.25) is 0 Å². The highest BCUT2D eigenvalue weighted by Gasteiger charge is 2.22. The number of rotatable bonds is 4. The van der Waals surface area contributed by atoms with Crippen LogP contribution in [0.2, 0.25) is 0 Å². The predicted octanol–water partition coefficient (Wildman–Crippen LogP) is -0.0882. The summed E-state index contributed by atoms with van der Waals surface area (Å²) in [6, 6.07) is 0.227. The largest absolute Gasteiger partial charge is 0.395 e. The van der Waals surface area contributed by atoms with Crippen molar-refractivity contribution in [3.8, 4) is 0 Å². The van der Waals surface area contributed by atoms with Gasteiger partial charge in [-0.25, -0.2) is 0 Å². The molecule has 0 aromatic heterocycles. The second kappa shape index (κ2) is 4.49. The highest BCUT2D eigenvalue weighted by atomic mass is 16.5. The summed E-state index contributed by atoms with van der Waals surface area (Å²) in [5, 5.41) is 11.9. The third-order valence-corrected chi connectivity index (χ3v) is 1.85. The maximum absolute atomic E-state index is 8.77. The van der Waals surface area contributed by atoms with Crippen LogP contribution in [0.1, 0.15) is 6.42 Å². The number of aliphatic hydroxyl groups is 1. The van der Waals surface area contributed by atoms with E-state index < -0.39 is 0 Å². The van der Waals surface area contributed by atoms with Gasteiger partial charge in [0.25, 0.3) is 0 Å². The molecule has 0 spiro atoms. The second-order valence-electron chi connectivity index (χ2n) is 2.77. The van der Waals surface area contributed by atoms with E-state index in [0.29, 0.717) is 6.61 Å². The molecule has 1 fully saturated rings. The van der Waals surface area contributed by atoms with Crippen molar-refractivity contribution in [2.45, 2.75) is 18.6 Å². The van der Waals surface area contributed by atoms with Gasteiger partial charge in [-0.15, -0.1) is 6.58 Å². The van der Waals surface area contributed by atoms with Crippen molar-refractivity contribution in [3.05, 3.63) is 12.7 Å². The van der Waals surface area contributed by atoms with Gasteiger partial charge in [-0.3, -0.25) is 0 Å². The maximum Gasteiger partial charge on any atom is 0.0719 e. The van der Waals surface area contributed by atoms with E-state index in [2.05, 4.69) is 11.9 Å². The molecule has 1 rings (SSSR count).